The van der Waals surface area contributed by atoms with Gasteiger partial charge in [0.1, 0.15) is 23.1 Å². The molecule has 0 aliphatic carbocycles. The molecule has 17 heavy (non-hydrogen) atoms. The van der Waals surface area contributed by atoms with E-state index < -0.39 is 11.7 Å². The van der Waals surface area contributed by atoms with Gasteiger partial charge in [0.05, 0.1) is 13.2 Å². The van der Waals surface area contributed by atoms with Crippen LogP contribution in [0.3, 0.4) is 0 Å². The lowest BCUT2D eigenvalue weighted by molar-refractivity contribution is 0.197. The molecule has 2 N–H and O–H groups in total. The van der Waals surface area contributed by atoms with Crippen LogP contribution in [0.15, 0.2) is 27.6 Å². The van der Waals surface area contributed by atoms with Crippen molar-refractivity contribution in [1.29, 1.82) is 0 Å². The minimum atomic E-state index is -0.812. The summed E-state index contributed by atoms with van der Waals surface area (Å²) in [5.74, 6) is 0.179. The maximum Gasteiger partial charge on any atom is 0.347 e. The molecule has 0 radical (unpaired) electrons. The third kappa shape index (κ3) is 1.85. The van der Waals surface area contributed by atoms with Gasteiger partial charge in [0.2, 0.25) is 0 Å². The predicted octanol–water partition coefficient (Wildman–Crippen LogP) is 1.56. The van der Waals surface area contributed by atoms with Gasteiger partial charge in [0, 0.05) is 17.0 Å². The fraction of sp³-hybridized carbons (Fsp3) is 0.250. The molecule has 0 spiro atoms. The summed E-state index contributed by atoms with van der Waals surface area (Å²) in [7, 11) is 1.39. The summed E-state index contributed by atoms with van der Waals surface area (Å²) in [6.45, 7) is 1.55. The van der Waals surface area contributed by atoms with Gasteiger partial charge in [0.25, 0.3) is 0 Å². The van der Waals surface area contributed by atoms with Crippen LogP contribution in [-0.2, 0) is 0 Å². The number of ether oxygens (including phenoxy) is 1. The molecule has 1 aromatic heterocycles. The number of aromatic hydroxyl groups is 1. The number of benzene rings is 1. The van der Waals surface area contributed by atoms with Crippen molar-refractivity contribution in [1.82, 2.24) is 0 Å². The molecule has 1 atom stereocenters. The maximum absolute atomic E-state index is 11.6. The summed E-state index contributed by atoms with van der Waals surface area (Å²) in [5, 5.41) is 19.8. The molecule has 5 heteroatoms. The quantitative estimate of drug-likeness (QED) is 0.827. The van der Waals surface area contributed by atoms with Gasteiger partial charge < -0.3 is 19.4 Å². The number of phenolic OH excluding ortho intramolecular Hbond substituents is 1. The summed E-state index contributed by atoms with van der Waals surface area (Å²) in [6.07, 6.45) is 0.377. The molecule has 2 aromatic rings. The standard InChI is InChI=1S/C12H12O5/c1-6(13)9-5-17-12(15)11-8(9)3-7(14)4-10(11)16-2/h3-6,13-14H,1-2H3. The third-order valence-electron chi connectivity index (χ3n) is 2.56. The van der Waals surface area contributed by atoms with Gasteiger partial charge in [-0.15, -0.1) is 0 Å². The molecular weight excluding hydrogens is 224 g/mol. The van der Waals surface area contributed by atoms with Crippen molar-refractivity contribution in [3.05, 3.63) is 34.4 Å². The van der Waals surface area contributed by atoms with Gasteiger partial charge in [-0.05, 0) is 13.0 Å². The van der Waals surface area contributed by atoms with E-state index >= 15 is 0 Å². The number of fused-ring (bicyclic) bond motifs is 1. The van der Waals surface area contributed by atoms with Gasteiger partial charge in [-0.3, -0.25) is 0 Å². The second-order valence-corrected chi connectivity index (χ2v) is 3.73. The van der Waals surface area contributed by atoms with Crippen LogP contribution in [0.1, 0.15) is 18.6 Å². The Morgan fingerprint density at radius 2 is 2.12 bits per heavy atom. The van der Waals surface area contributed by atoms with E-state index in [9.17, 15) is 15.0 Å². The fourth-order valence-corrected chi connectivity index (χ4v) is 1.76. The lowest BCUT2D eigenvalue weighted by atomic mass is 10.0. The average Bonchev–Trinajstić information content (AvgIpc) is 2.27. The van der Waals surface area contributed by atoms with Gasteiger partial charge in [-0.25, -0.2) is 4.79 Å². The first-order valence-corrected chi connectivity index (χ1v) is 5.05. The second-order valence-electron chi connectivity index (χ2n) is 3.73. The Kier molecular flexibility index (Phi) is 2.77. The van der Waals surface area contributed by atoms with Crippen molar-refractivity contribution >= 4 is 10.8 Å². The second kappa shape index (κ2) is 4.10. The van der Waals surface area contributed by atoms with Crippen molar-refractivity contribution in [2.45, 2.75) is 13.0 Å². The number of hydrogen-bond donors (Lipinski definition) is 2. The molecule has 1 unspecified atom stereocenters. The number of aliphatic hydroxyl groups is 1. The highest BCUT2D eigenvalue weighted by Crippen LogP contribution is 2.32. The molecule has 0 saturated carbocycles. The Bertz CT molecular complexity index is 612. The smallest absolute Gasteiger partial charge is 0.347 e. The van der Waals surface area contributed by atoms with Crippen LogP contribution in [0, 0.1) is 0 Å². The Labute approximate surface area is 96.9 Å². The zero-order valence-electron chi connectivity index (χ0n) is 9.43. The first-order chi connectivity index (χ1) is 8.04. The summed E-state index contributed by atoms with van der Waals surface area (Å²) < 4.78 is 9.86. The van der Waals surface area contributed by atoms with Crippen molar-refractivity contribution in [2.24, 2.45) is 0 Å². The summed E-state index contributed by atoms with van der Waals surface area (Å²) in [6, 6.07) is 2.72. The highest BCUT2D eigenvalue weighted by Gasteiger charge is 2.15. The first-order valence-electron chi connectivity index (χ1n) is 5.05. The Balaban J connectivity index is 2.96. The lowest BCUT2D eigenvalue weighted by Gasteiger charge is -2.10. The highest BCUT2D eigenvalue weighted by atomic mass is 16.5. The highest BCUT2D eigenvalue weighted by molar-refractivity contribution is 5.91. The molecular formula is C12H12O5. The summed E-state index contributed by atoms with van der Waals surface area (Å²) in [4.78, 5) is 11.6. The van der Waals surface area contributed by atoms with E-state index in [-0.39, 0.29) is 16.9 Å². The monoisotopic (exact) mass is 236 g/mol. The fourth-order valence-electron chi connectivity index (χ4n) is 1.76. The van der Waals surface area contributed by atoms with Crippen molar-refractivity contribution in [3.8, 4) is 11.5 Å². The Hall–Kier alpha value is -2.01. The maximum atomic E-state index is 11.6. The predicted molar refractivity (Wildman–Crippen MR) is 61.3 cm³/mol. The summed E-state index contributed by atoms with van der Waals surface area (Å²) >= 11 is 0. The van der Waals surface area contributed by atoms with Crippen molar-refractivity contribution in [2.75, 3.05) is 7.11 Å². The van der Waals surface area contributed by atoms with E-state index in [1.54, 1.807) is 6.92 Å². The van der Waals surface area contributed by atoms with E-state index in [2.05, 4.69) is 0 Å². The largest absolute Gasteiger partial charge is 0.508 e. The molecule has 5 nitrogen and oxygen atoms in total. The number of rotatable bonds is 2. The Morgan fingerprint density at radius 3 is 2.71 bits per heavy atom. The Morgan fingerprint density at radius 1 is 1.41 bits per heavy atom. The normalized spacial score (nSPS) is 12.6. The number of phenols is 1. The van der Waals surface area contributed by atoms with E-state index in [1.165, 1.54) is 25.5 Å². The van der Waals surface area contributed by atoms with E-state index in [4.69, 9.17) is 9.15 Å². The van der Waals surface area contributed by atoms with Crippen LogP contribution in [0.2, 0.25) is 0 Å². The van der Waals surface area contributed by atoms with Crippen LogP contribution in [0.4, 0.5) is 0 Å². The third-order valence-corrected chi connectivity index (χ3v) is 2.56. The number of methoxy groups -OCH3 is 1. The van der Waals surface area contributed by atoms with Gasteiger partial charge in [-0.1, -0.05) is 0 Å². The van der Waals surface area contributed by atoms with Gasteiger partial charge in [-0.2, -0.15) is 0 Å². The van der Waals surface area contributed by atoms with Crippen LogP contribution >= 0.6 is 0 Å². The number of hydrogen-bond acceptors (Lipinski definition) is 5. The van der Waals surface area contributed by atoms with Gasteiger partial charge >= 0.3 is 5.63 Å². The molecule has 0 bridgehead atoms. The molecule has 0 aliphatic heterocycles. The average molecular weight is 236 g/mol. The van der Waals surface area contributed by atoms with Crippen LogP contribution in [-0.4, -0.2) is 17.3 Å². The van der Waals surface area contributed by atoms with Crippen LogP contribution in [0.5, 0.6) is 11.5 Å². The van der Waals surface area contributed by atoms with Gasteiger partial charge in [0.15, 0.2) is 0 Å². The lowest BCUT2D eigenvalue weighted by Crippen LogP contribution is -2.05. The van der Waals surface area contributed by atoms with Crippen molar-refractivity contribution < 1.29 is 19.4 Å². The minimum absolute atomic E-state index is 0.0400. The van der Waals surface area contributed by atoms with Crippen LogP contribution < -0.4 is 10.4 Å². The van der Waals surface area contributed by atoms with E-state index in [1.807, 2.05) is 0 Å². The van der Waals surface area contributed by atoms with Crippen LogP contribution in [0.25, 0.3) is 10.8 Å². The summed E-state index contributed by atoms with van der Waals surface area (Å²) in [5.41, 5.74) is -0.143. The molecule has 90 valence electrons. The molecule has 2 rings (SSSR count). The SMILES string of the molecule is COc1cc(O)cc2c(C(C)O)coc(=O)c12. The number of aliphatic hydroxyl groups excluding tert-OH is 1. The molecule has 0 fully saturated rings. The van der Waals surface area contributed by atoms with E-state index in [0.717, 1.165) is 0 Å². The molecule has 0 aliphatic rings. The zero-order valence-corrected chi connectivity index (χ0v) is 9.43. The van der Waals surface area contributed by atoms with E-state index in [0.29, 0.717) is 10.9 Å². The molecule has 1 heterocycles. The zero-order chi connectivity index (χ0) is 12.6. The van der Waals surface area contributed by atoms with Crippen molar-refractivity contribution in [3.63, 3.8) is 0 Å². The first kappa shape index (κ1) is 11.5. The molecule has 0 amide bonds. The molecule has 0 saturated heterocycles. The topological polar surface area (TPSA) is 79.9 Å². The molecule has 1 aromatic carbocycles. The minimum Gasteiger partial charge on any atom is -0.508 e.